The van der Waals surface area contributed by atoms with Crippen molar-refractivity contribution in [3.8, 4) is 0 Å². The summed E-state index contributed by atoms with van der Waals surface area (Å²) in [7, 11) is 1.71. The third-order valence-corrected chi connectivity index (χ3v) is 1.95. The monoisotopic (exact) mass is 267 g/mol. The van der Waals surface area contributed by atoms with Crippen LogP contribution < -0.4 is 5.32 Å². The van der Waals surface area contributed by atoms with Crippen molar-refractivity contribution >= 4 is 0 Å². The van der Waals surface area contributed by atoms with Gasteiger partial charge in [0, 0.05) is 6.61 Å². The molecule has 0 aliphatic carbocycles. The molecule has 0 amide bonds. The van der Waals surface area contributed by atoms with Crippen molar-refractivity contribution in [3.63, 3.8) is 0 Å². The molecule has 0 rings (SSSR count). The summed E-state index contributed by atoms with van der Waals surface area (Å²) >= 11 is 0. The van der Waals surface area contributed by atoms with Gasteiger partial charge in [0.25, 0.3) is 0 Å². The maximum atomic E-state index is 12.0. The Morgan fingerprint density at radius 2 is 1.47 bits per heavy atom. The summed E-state index contributed by atoms with van der Waals surface area (Å²) < 4.78 is 75.8. The highest BCUT2D eigenvalue weighted by atomic mass is 19.4. The molecule has 0 fully saturated rings. The molecule has 0 unspecified atom stereocenters. The Morgan fingerprint density at radius 3 is 1.88 bits per heavy atom. The fourth-order valence-corrected chi connectivity index (χ4v) is 1.16. The van der Waals surface area contributed by atoms with Gasteiger partial charge in [-0.15, -0.1) is 0 Å². The van der Waals surface area contributed by atoms with Crippen molar-refractivity contribution in [2.45, 2.75) is 37.7 Å². The van der Waals surface area contributed by atoms with E-state index in [0.29, 0.717) is 19.4 Å². The molecule has 0 spiro atoms. The second-order valence-electron chi connectivity index (χ2n) is 3.50. The summed E-state index contributed by atoms with van der Waals surface area (Å²) in [5, 5.41) is 2.82. The topological polar surface area (TPSA) is 21.3 Å². The Hall–Kier alpha value is -0.500. The quantitative estimate of drug-likeness (QED) is 0.565. The van der Waals surface area contributed by atoms with Gasteiger partial charge in [0.1, 0.15) is 0 Å². The van der Waals surface area contributed by atoms with Crippen molar-refractivity contribution in [2.24, 2.45) is 0 Å². The van der Waals surface area contributed by atoms with E-state index < -0.39 is 25.1 Å². The van der Waals surface area contributed by atoms with E-state index >= 15 is 0 Å². The van der Waals surface area contributed by atoms with E-state index in [4.69, 9.17) is 0 Å². The van der Waals surface area contributed by atoms with Gasteiger partial charge < -0.3 is 10.1 Å². The lowest BCUT2D eigenvalue weighted by Crippen LogP contribution is -2.44. The van der Waals surface area contributed by atoms with Crippen LogP contribution in [0.15, 0.2) is 0 Å². The highest BCUT2D eigenvalue weighted by molar-refractivity contribution is 4.75. The molecule has 0 bridgehead atoms. The normalized spacial score (nSPS) is 13.4. The van der Waals surface area contributed by atoms with Gasteiger partial charge in [0.05, 0.1) is 0 Å². The zero-order chi connectivity index (χ0) is 13.5. The average Bonchev–Trinajstić information content (AvgIpc) is 2.12. The van der Waals surface area contributed by atoms with Crippen LogP contribution in [0.5, 0.6) is 0 Å². The molecule has 2 nitrogen and oxygen atoms in total. The molecule has 104 valence electrons. The van der Waals surface area contributed by atoms with Crippen molar-refractivity contribution in [3.05, 3.63) is 0 Å². The number of rotatable bonds is 7. The van der Waals surface area contributed by atoms with Crippen molar-refractivity contribution in [1.29, 1.82) is 0 Å². The zero-order valence-corrected chi connectivity index (χ0v) is 9.29. The lowest BCUT2D eigenvalue weighted by atomic mass is 10.2. The molecule has 0 radical (unpaired) electrons. The third-order valence-electron chi connectivity index (χ3n) is 1.95. The van der Waals surface area contributed by atoms with Gasteiger partial charge in [-0.3, -0.25) is 0 Å². The van der Waals surface area contributed by atoms with E-state index in [1.54, 1.807) is 7.05 Å². The minimum atomic E-state index is -5.41. The molecule has 17 heavy (non-hydrogen) atoms. The Balaban J connectivity index is 3.95. The molecule has 0 aliphatic rings. The Morgan fingerprint density at radius 1 is 0.941 bits per heavy atom. The second-order valence-corrected chi connectivity index (χ2v) is 3.50. The van der Waals surface area contributed by atoms with E-state index in [1.165, 1.54) is 0 Å². The summed E-state index contributed by atoms with van der Waals surface area (Å²) in [4.78, 5) is 0. The number of ether oxygens (including phenoxy) is 1. The van der Waals surface area contributed by atoms with Gasteiger partial charge in [-0.25, -0.2) is 0 Å². The predicted molar refractivity (Wildman–Crippen MR) is 49.6 cm³/mol. The van der Waals surface area contributed by atoms with Crippen LogP contribution in [0.4, 0.5) is 26.3 Å². The van der Waals surface area contributed by atoms with Crippen LogP contribution in [0.3, 0.4) is 0 Å². The van der Waals surface area contributed by atoms with E-state index in [1.807, 2.05) is 0 Å². The van der Waals surface area contributed by atoms with Crippen LogP contribution in [-0.4, -0.2) is 38.7 Å². The maximum absolute atomic E-state index is 12.0. The van der Waals surface area contributed by atoms with Gasteiger partial charge >= 0.3 is 12.4 Å². The molecule has 0 atom stereocenters. The van der Waals surface area contributed by atoms with Gasteiger partial charge in [-0.05, 0) is 32.9 Å². The van der Waals surface area contributed by atoms with Crippen molar-refractivity contribution < 1.29 is 31.1 Å². The minimum absolute atomic E-state index is 0.171. The van der Waals surface area contributed by atoms with Crippen LogP contribution in [0.25, 0.3) is 0 Å². The highest BCUT2D eigenvalue weighted by Gasteiger charge is 2.57. The predicted octanol–water partition coefficient (Wildman–Crippen LogP) is 2.89. The van der Waals surface area contributed by atoms with Crippen LogP contribution in [0.1, 0.15) is 19.3 Å². The lowest BCUT2D eigenvalue weighted by molar-refractivity contribution is -0.321. The molecule has 0 heterocycles. The van der Waals surface area contributed by atoms with Gasteiger partial charge in [-0.2, -0.15) is 26.3 Å². The number of alkyl halides is 6. The van der Waals surface area contributed by atoms with E-state index in [0.717, 1.165) is 0 Å². The second kappa shape index (κ2) is 7.05. The van der Waals surface area contributed by atoms with Crippen molar-refractivity contribution in [2.75, 3.05) is 20.2 Å². The number of nitrogens with one attached hydrogen (secondary N) is 1. The fraction of sp³-hybridized carbons (Fsp3) is 1.00. The highest BCUT2D eigenvalue weighted by Crippen LogP contribution is 2.35. The van der Waals surface area contributed by atoms with Gasteiger partial charge in [0.2, 0.25) is 6.10 Å². The Labute approximate surface area is 95.3 Å². The van der Waals surface area contributed by atoms with Crippen LogP contribution >= 0.6 is 0 Å². The van der Waals surface area contributed by atoms with Gasteiger partial charge in [0.15, 0.2) is 0 Å². The lowest BCUT2D eigenvalue weighted by Gasteiger charge is -2.23. The minimum Gasteiger partial charge on any atom is -0.361 e. The fourth-order valence-electron chi connectivity index (χ4n) is 1.16. The summed E-state index contributed by atoms with van der Waals surface area (Å²) in [5.41, 5.74) is 0. The largest absolute Gasteiger partial charge is 0.423 e. The molecular weight excluding hydrogens is 252 g/mol. The van der Waals surface area contributed by atoms with E-state index in [-0.39, 0.29) is 6.42 Å². The molecule has 0 aromatic heterocycles. The average molecular weight is 267 g/mol. The first-order valence-corrected chi connectivity index (χ1v) is 5.09. The molecule has 0 saturated carbocycles. The first kappa shape index (κ1) is 16.5. The zero-order valence-electron chi connectivity index (χ0n) is 9.29. The molecular formula is C9H15F6NO. The summed E-state index contributed by atoms with van der Waals surface area (Å²) in [6.45, 7) is 0.120. The molecule has 8 heteroatoms. The van der Waals surface area contributed by atoms with Crippen LogP contribution in [-0.2, 0) is 4.74 Å². The number of hydrogen-bond donors (Lipinski definition) is 1. The summed E-state index contributed by atoms with van der Waals surface area (Å²) in [5.74, 6) is 0. The van der Waals surface area contributed by atoms with Crippen LogP contribution in [0, 0.1) is 0 Å². The molecule has 0 aliphatic heterocycles. The SMILES string of the molecule is CNCCCCCOC(C(F)(F)F)C(F)(F)F. The Kier molecular flexibility index (Phi) is 6.84. The first-order chi connectivity index (χ1) is 7.69. The number of unbranched alkanes of at least 4 members (excludes halogenated alkanes) is 2. The van der Waals surface area contributed by atoms with Crippen LogP contribution in [0.2, 0.25) is 0 Å². The van der Waals surface area contributed by atoms with Gasteiger partial charge in [-0.1, -0.05) is 0 Å². The molecule has 0 aromatic carbocycles. The summed E-state index contributed by atoms with van der Waals surface area (Å²) in [6, 6.07) is 0. The molecule has 0 aromatic rings. The van der Waals surface area contributed by atoms with E-state index in [9.17, 15) is 26.3 Å². The standard InChI is InChI=1S/C9H15F6NO/c1-16-5-3-2-4-6-17-7(8(10,11)12)9(13,14)15/h7,16H,2-6H2,1H3. The third kappa shape index (κ3) is 7.43. The number of hydrogen-bond acceptors (Lipinski definition) is 2. The first-order valence-electron chi connectivity index (χ1n) is 5.09. The number of halogens is 6. The Bertz CT molecular complexity index is 189. The molecule has 0 saturated heterocycles. The molecule has 1 N–H and O–H groups in total. The summed E-state index contributed by atoms with van der Waals surface area (Å²) in [6.07, 6.45) is -13.1. The van der Waals surface area contributed by atoms with E-state index in [2.05, 4.69) is 10.1 Å². The smallest absolute Gasteiger partial charge is 0.361 e. The van der Waals surface area contributed by atoms with Crippen molar-refractivity contribution in [1.82, 2.24) is 5.32 Å². The maximum Gasteiger partial charge on any atom is 0.423 e.